The number of benzene rings is 2. The highest BCUT2D eigenvalue weighted by atomic mass is 35.5. The maximum atomic E-state index is 11.4. The number of halogens is 1. The van der Waals surface area contributed by atoms with Crippen molar-refractivity contribution in [2.75, 3.05) is 0 Å². The van der Waals surface area contributed by atoms with E-state index in [2.05, 4.69) is 0 Å². The molecule has 1 aromatic heterocycles. The Morgan fingerprint density at radius 1 is 1.14 bits per heavy atom. The summed E-state index contributed by atoms with van der Waals surface area (Å²) in [7, 11) is 0. The molecule has 0 bridgehead atoms. The monoisotopic (exact) mass is 299 g/mol. The van der Waals surface area contributed by atoms with Gasteiger partial charge >= 0.3 is 5.97 Å². The van der Waals surface area contributed by atoms with Gasteiger partial charge in [0.15, 0.2) is 0 Å². The summed E-state index contributed by atoms with van der Waals surface area (Å²) in [6, 6.07) is 15.5. The van der Waals surface area contributed by atoms with Gasteiger partial charge in [-0.15, -0.1) is 0 Å². The van der Waals surface area contributed by atoms with Gasteiger partial charge in [-0.3, -0.25) is 0 Å². The lowest BCUT2D eigenvalue weighted by Gasteiger charge is -2.07. The number of aryl methyl sites for hydroxylation is 1. The van der Waals surface area contributed by atoms with Gasteiger partial charge in [-0.2, -0.15) is 0 Å². The number of nitrogens with zero attached hydrogens (tertiary/aromatic N) is 1. The molecule has 3 rings (SSSR count). The van der Waals surface area contributed by atoms with E-state index in [1.54, 1.807) is 6.07 Å². The van der Waals surface area contributed by atoms with Crippen molar-refractivity contribution in [3.63, 3.8) is 0 Å². The lowest BCUT2D eigenvalue weighted by molar-refractivity contribution is 0.0699. The smallest absolute Gasteiger partial charge is 0.339 e. The third-order valence-corrected chi connectivity index (χ3v) is 3.98. The molecule has 21 heavy (non-hydrogen) atoms. The molecule has 106 valence electrons. The van der Waals surface area contributed by atoms with Crippen LogP contribution < -0.4 is 0 Å². The zero-order valence-electron chi connectivity index (χ0n) is 11.5. The zero-order valence-corrected chi connectivity index (χ0v) is 12.3. The molecule has 3 aromatic rings. The normalized spacial score (nSPS) is 11.0. The van der Waals surface area contributed by atoms with E-state index < -0.39 is 5.97 Å². The first-order valence-electron chi connectivity index (χ1n) is 6.63. The molecule has 0 aliphatic rings. The molecule has 0 saturated carbocycles. The topological polar surface area (TPSA) is 42.2 Å². The fraction of sp³-hybridized carbons (Fsp3) is 0.118. The molecule has 0 atom stereocenters. The van der Waals surface area contributed by atoms with Crippen LogP contribution in [0.2, 0.25) is 5.15 Å². The van der Waals surface area contributed by atoms with E-state index in [1.807, 2.05) is 54.0 Å². The summed E-state index contributed by atoms with van der Waals surface area (Å²) in [5.41, 5.74) is 3.27. The molecule has 0 unspecified atom stereocenters. The van der Waals surface area contributed by atoms with Gasteiger partial charge < -0.3 is 9.67 Å². The van der Waals surface area contributed by atoms with Gasteiger partial charge in [-0.05, 0) is 18.6 Å². The zero-order chi connectivity index (χ0) is 15.0. The number of aromatic nitrogens is 1. The van der Waals surface area contributed by atoms with Gasteiger partial charge in [0.1, 0.15) is 10.7 Å². The number of carboxylic acids is 1. The Balaban J connectivity index is 2.16. The average Bonchev–Trinajstić information content (AvgIpc) is 2.74. The van der Waals surface area contributed by atoms with Crippen LogP contribution in [0.25, 0.3) is 10.9 Å². The number of hydrogen-bond donors (Lipinski definition) is 1. The van der Waals surface area contributed by atoms with Gasteiger partial charge in [-0.25, -0.2) is 4.79 Å². The quantitative estimate of drug-likeness (QED) is 0.781. The Kier molecular flexibility index (Phi) is 3.43. The first-order valence-corrected chi connectivity index (χ1v) is 7.01. The minimum absolute atomic E-state index is 0.166. The molecule has 0 saturated heterocycles. The van der Waals surface area contributed by atoms with E-state index in [9.17, 15) is 9.90 Å². The molecule has 0 aliphatic heterocycles. The number of para-hydroxylation sites is 1. The van der Waals surface area contributed by atoms with Crippen molar-refractivity contribution in [1.82, 2.24) is 4.57 Å². The van der Waals surface area contributed by atoms with Crippen LogP contribution >= 0.6 is 11.6 Å². The molecule has 1 heterocycles. The van der Waals surface area contributed by atoms with Crippen molar-refractivity contribution in [3.05, 3.63) is 70.4 Å². The van der Waals surface area contributed by atoms with Crippen molar-refractivity contribution in [2.45, 2.75) is 13.5 Å². The molecule has 0 aliphatic carbocycles. The number of rotatable bonds is 3. The summed E-state index contributed by atoms with van der Waals surface area (Å²) < 4.78 is 1.84. The predicted octanol–water partition coefficient (Wildman–Crippen LogP) is 4.35. The Bertz CT molecular complexity index is 819. The van der Waals surface area contributed by atoms with E-state index in [1.165, 1.54) is 5.56 Å². The van der Waals surface area contributed by atoms with E-state index in [4.69, 9.17) is 11.6 Å². The highest BCUT2D eigenvalue weighted by Gasteiger charge is 2.20. The maximum Gasteiger partial charge on any atom is 0.339 e. The third kappa shape index (κ3) is 2.41. The van der Waals surface area contributed by atoms with Crippen LogP contribution in [0.3, 0.4) is 0 Å². The Labute approximate surface area is 127 Å². The van der Waals surface area contributed by atoms with E-state index in [-0.39, 0.29) is 10.7 Å². The Hall–Kier alpha value is -2.26. The van der Waals surface area contributed by atoms with Crippen molar-refractivity contribution < 1.29 is 9.90 Å². The SMILES string of the molecule is Cc1ccc(Cn2c(Cl)c(C(=O)O)c3ccccc32)cc1. The molecule has 0 spiro atoms. The highest BCUT2D eigenvalue weighted by molar-refractivity contribution is 6.35. The second kappa shape index (κ2) is 5.26. The average molecular weight is 300 g/mol. The molecule has 0 radical (unpaired) electrons. The van der Waals surface area contributed by atoms with Gasteiger partial charge in [0.2, 0.25) is 0 Å². The van der Waals surface area contributed by atoms with Crippen LogP contribution in [-0.2, 0) is 6.54 Å². The lowest BCUT2D eigenvalue weighted by atomic mass is 10.1. The van der Waals surface area contributed by atoms with Gasteiger partial charge in [0, 0.05) is 11.9 Å². The van der Waals surface area contributed by atoms with Crippen LogP contribution in [0, 0.1) is 6.92 Å². The van der Waals surface area contributed by atoms with Crippen molar-refractivity contribution in [2.24, 2.45) is 0 Å². The second-order valence-corrected chi connectivity index (χ2v) is 5.42. The van der Waals surface area contributed by atoms with Crippen molar-refractivity contribution in [1.29, 1.82) is 0 Å². The minimum atomic E-state index is -1.00. The van der Waals surface area contributed by atoms with Crippen LogP contribution in [0.15, 0.2) is 48.5 Å². The van der Waals surface area contributed by atoms with E-state index in [0.717, 1.165) is 11.1 Å². The summed E-state index contributed by atoms with van der Waals surface area (Å²) in [6.07, 6.45) is 0. The van der Waals surface area contributed by atoms with Gasteiger partial charge in [0.25, 0.3) is 0 Å². The molecular formula is C17H14ClNO2. The summed E-state index contributed by atoms with van der Waals surface area (Å²) in [5.74, 6) is -1.00. The standard InChI is InChI=1S/C17H14ClNO2/c1-11-6-8-12(9-7-11)10-19-14-5-3-2-4-13(14)15(16(19)18)17(20)21/h2-9H,10H2,1H3,(H,20,21). The third-order valence-electron chi connectivity index (χ3n) is 3.58. The fourth-order valence-corrected chi connectivity index (χ4v) is 2.84. The van der Waals surface area contributed by atoms with Crippen LogP contribution in [-0.4, -0.2) is 15.6 Å². The lowest BCUT2D eigenvalue weighted by Crippen LogP contribution is -2.01. The van der Waals surface area contributed by atoms with Gasteiger partial charge in [0.05, 0.1) is 5.52 Å². The predicted molar refractivity (Wildman–Crippen MR) is 84.2 cm³/mol. The largest absolute Gasteiger partial charge is 0.478 e. The molecule has 0 fully saturated rings. The number of hydrogen-bond acceptors (Lipinski definition) is 1. The first kappa shape index (κ1) is 13.7. The summed E-state index contributed by atoms with van der Waals surface area (Å²) >= 11 is 6.31. The molecule has 4 heteroatoms. The minimum Gasteiger partial charge on any atom is -0.478 e. The second-order valence-electron chi connectivity index (χ2n) is 5.06. The molecule has 1 N–H and O–H groups in total. The van der Waals surface area contributed by atoms with Crippen LogP contribution in [0.5, 0.6) is 0 Å². The van der Waals surface area contributed by atoms with Crippen LogP contribution in [0.4, 0.5) is 0 Å². The van der Waals surface area contributed by atoms with E-state index in [0.29, 0.717) is 11.9 Å². The summed E-state index contributed by atoms with van der Waals surface area (Å²) in [4.78, 5) is 11.4. The van der Waals surface area contributed by atoms with Crippen molar-refractivity contribution in [3.8, 4) is 0 Å². The maximum absolute atomic E-state index is 11.4. The Morgan fingerprint density at radius 2 is 1.81 bits per heavy atom. The first-order chi connectivity index (χ1) is 10.1. The summed E-state index contributed by atoms with van der Waals surface area (Å²) in [5, 5.41) is 10.3. The molecule has 2 aromatic carbocycles. The molecule has 0 amide bonds. The van der Waals surface area contributed by atoms with Gasteiger partial charge in [-0.1, -0.05) is 59.6 Å². The number of carboxylic acid groups (broad SMARTS) is 1. The number of carbonyl (C=O) groups is 1. The Morgan fingerprint density at radius 3 is 2.48 bits per heavy atom. The fourth-order valence-electron chi connectivity index (χ4n) is 2.51. The van der Waals surface area contributed by atoms with Crippen molar-refractivity contribution >= 4 is 28.5 Å². The molecule has 3 nitrogen and oxygen atoms in total. The summed E-state index contributed by atoms with van der Waals surface area (Å²) in [6.45, 7) is 2.58. The highest BCUT2D eigenvalue weighted by Crippen LogP contribution is 2.30. The van der Waals surface area contributed by atoms with Crippen LogP contribution in [0.1, 0.15) is 21.5 Å². The van der Waals surface area contributed by atoms with E-state index >= 15 is 0 Å². The number of aromatic carboxylic acids is 1. The molecular weight excluding hydrogens is 286 g/mol. The number of fused-ring (bicyclic) bond motifs is 1.